The summed E-state index contributed by atoms with van der Waals surface area (Å²) in [5.41, 5.74) is 18.2. The Kier molecular flexibility index (Phi) is 8.00. The normalized spacial score (nSPS) is 14.2. The van der Waals surface area contributed by atoms with Crippen molar-refractivity contribution in [1.82, 2.24) is 0 Å². The lowest BCUT2D eigenvalue weighted by molar-refractivity contribution is 0.666. The van der Waals surface area contributed by atoms with E-state index in [0.717, 1.165) is 0 Å². The third-order valence-electron chi connectivity index (χ3n) is 16.7. The van der Waals surface area contributed by atoms with Crippen molar-refractivity contribution in [1.29, 1.82) is 0 Å². The number of benzene rings is 13. The molecule has 328 valence electrons. The molecule has 0 saturated heterocycles. The summed E-state index contributed by atoms with van der Waals surface area (Å²) in [6, 6.07) is 83.1. The fraction of sp³-hybridized carbons (Fsp3) is 0.0857. The SMILES string of the molecule is CC1(C)c2ccc(-c3c4ccccc4c(-c4ccc5c(c4)-c4c(c6ccccc6c6ccccc46)C5(C)C)c4cc(-c5ccc6ccccc6c5)ccc34)cc2-c2c1c1ccccc1c1ccccc21. The zero-order chi connectivity index (χ0) is 46.6. The first-order chi connectivity index (χ1) is 34.3. The van der Waals surface area contributed by atoms with E-state index in [4.69, 9.17) is 0 Å². The molecule has 0 saturated carbocycles. The minimum atomic E-state index is -0.178. The van der Waals surface area contributed by atoms with Crippen LogP contribution in [0.4, 0.5) is 0 Å². The molecule has 2 aliphatic rings. The topological polar surface area (TPSA) is 0 Å². The summed E-state index contributed by atoms with van der Waals surface area (Å²) in [4.78, 5) is 0. The van der Waals surface area contributed by atoms with Crippen molar-refractivity contribution < 1.29 is 0 Å². The van der Waals surface area contributed by atoms with Gasteiger partial charge < -0.3 is 0 Å². The Morgan fingerprint density at radius 3 is 1.07 bits per heavy atom. The lowest BCUT2D eigenvalue weighted by Crippen LogP contribution is -2.15. The Morgan fingerprint density at radius 2 is 0.571 bits per heavy atom. The summed E-state index contributed by atoms with van der Waals surface area (Å²) in [6.07, 6.45) is 0. The van der Waals surface area contributed by atoms with Crippen LogP contribution >= 0.6 is 0 Å². The van der Waals surface area contributed by atoms with Gasteiger partial charge in [-0.05, 0) is 178 Å². The molecule has 13 aromatic carbocycles. The van der Waals surface area contributed by atoms with Crippen molar-refractivity contribution in [2.45, 2.75) is 38.5 Å². The van der Waals surface area contributed by atoms with Crippen LogP contribution in [0.5, 0.6) is 0 Å². The highest BCUT2D eigenvalue weighted by molar-refractivity contribution is 6.24. The lowest BCUT2D eigenvalue weighted by atomic mass is 9.78. The van der Waals surface area contributed by atoms with Crippen molar-refractivity contribution in [3.8, 4) is 55.6 Å². The average Bonchev–Trinajstić information content (AvgIpc) is 3.79. The lowest BCUT2D eigenvalue weighted by Gasteiger charge is -2.24. The highest BCUT2D eigenvalue weighted by Gasteiger charge is 2.40. The largest absolute Gasteiger partial charge is 0.0616 e. The van der Waals surface area contributed by atoms with Crippen LogP contribution in [0.15, 0.2) is 218 Å². The van der Waals surface area contributed by atoms with E-state index in [-0.39, 0.29) is 10.8 Å². The minimum absolute atomic E-state index is 0.173. The molecule has 2 aliphatic carbocycles. The molecule has 0 heteroatoms. The molecule has 0 spiro atoms. The van der Waals surface area contributed by atoms with E-state index in [1.807, 2.05) is 0 Å². The molecule has 0 N–H and O–H groups in total. The smallest absolute Gasteiger partial charge is 0.0165 e. The molecule has 0 aliphatic heterocycles. The summed E-state index contributed by atoms with van der Waals surface area (Å²) >= 11 is 0. The molecule has 0 amide bonds. The van der Waals surface area contributed by atoms with Gasteiger partial charge in [0.1, 0.15) is 0 Å². The fourth-order valence-corrected chi connectivity index (χ4v) is 13.7. The van der Waals surface area contributed by atoms with Crippen LogP contribution in [0.25, 0.3) is 131 Å². The zero-order valence-corrected chi connectivity index (χ0v) is 39.8. The summed E-state index contributed by atoms with van der Waals surface area (Å²) in [5, 5.41) is 18.2. The first-order valence-electron chi connectivity index (χ1n) is 24.9. The van der Waals surface area contributed by atoms with Crippen molar-refractivity contribution in [2.75, 3.05) is 0 Å². The molecular weight excluding hydrogens is 841 g/mol. The summed E-state index contributed by atoms with van der Waals surface area (Å²) < 4.78 is 0. The predicted molar refractivity (Wildman–Crippen MR) is 300 cm³/mol. The molecule has 0 nitrogen and oxygen atoms in total. The van der Waals surface area contributed by atoms with E-state index >= 15 is 0 Å². The number of rotatable bonds is 3. The Morgan fingerprint density at radius 1 is 0.229 bits per heavy atom. The number of fused-ring (bicyclic) bond motifs is 19. The highest BCUT2D eigenvalue weighted by atomic mass is 14.4. The van der Waals surface area contributed by atoms with Gasteiger partial charge in [-0.1, -0.05) is 222 Å². The van der Waals surface area contributed by atoms with E-state index in [0.29, 0.717) is 0 Å². The van der Waals surface area contributed by atoms with E-state index in [9.17, 15) is 0 Å². The van der Waals surface area contributed by atoms with Gasteiger partial charge in [0.15, 0.2) is 0 Å². The Labute approximate surface area is 408 Å². The van der Waals surface area contributed by atoms with E-state index in [1.54, 1.807) is 0 Å². The Balaban J connectivity index is 1.03. The van der Waals surface area contributed by atoms with Gasteiger partial charge in [0, 0.05) is 10.8 Å². The van der Waals surface area contributed by atoms with Gasteiger partial charge in [0.25, 0.3) is 0 Å². The maximum atomic E-state index is 2.54. The maximum absolute atomic E-state index is 2.54. The van der Waals surface area contributed by atoms with Gasteiger partial charge in [-0.3, -0.25) is 0 Å². The zero-order valence-electron chi connectivity index (χ0n) is 39.8. The van der Waals surface area contributed by atoms with Gasteiger partial charge in [-0.25, -0.2) is 0 Å². The molecule has 15 rings (SSSR count). The number of hydrogen-bond donors (Lipinski definition) is 0. The monoisotopic (exact) mass is 888 g/mol. The molecule has 13 aromatic rings. The van der Waals surface area contributed by atoms with E-state index in [1.165, 1.54) is 153 Å². The first kappa shape index (κ1) is 39.7. The molecule has 0 atom stereocenters. The van der Waals surface area contributed by atoms with Crippen molar-refractivity contribution in [2.24, 2.45) is 0 Å². The molecule has 0 aromatic heterocycles. The fourth-order valence-electron chi connectivity index (χ4n) is 13.7. The number of hydrogen-bond acceptors (Lipinski definition) is 0. The van der Waals surface area contributed by atoms with Crippen LogP contribution in [0.1, 0.15) is 49.9 Å². The molecule has 0 fully saturated rings. The molecule has 0 heterocycles. The van der Waals surface area contributed by atoms with Gasteiger partial charge in [-0.15, -0.1) is 0 Å². The minimum Gasteiger partial charge on any atom is -0.0616 e. The van der Waals surface area contributed by atoms with E-state index in [2.05, 4.69) is 246 Å². The maximum Gasteiger partial charge on any atom is 0.0165 e. The van der Waals surface area contributed by atoms with Crippen molar-refractivity contribution >= 4 is 75.4 Å². The second-order valence-electron chi connectivity index (χ2n) is 21.1. The van der Waals surface area contributed by atoms with Crippen LogP contribution in [-0.4, -0.2) is 0 Å². The molecule has 0 unspecified atom stereocenters. The van der Waals surface area contributed by atoms with Gasteiger partial charge in [-0.2, -0.15) is 0 Å². The standard InChI is InChI=1S/C70H48/c1-69(2)61-35-32-45(39-59(61)65-51-23-11-7-19-47(51)49-21-9-15-27-56(49)67(65)69)63-53-25-13-14-26-54(53)64(58-38-44(31-34-55(58)63)43-30-29-41-17-5-6-18-42(41)37-43)46-33-36-62-60(40-46)66-52-24-12-8-20-48(52)50-22-10-16-28-57(50)68(66)70(62,3)4/h5-40H,1-4H3. The quantitative estimate of drug-likeness (QED) is 0.122. The van der Waals surface area contributed by atoms with Gasteiger partial charge in [0.05, 0.1) is 0 Å². The van der Waals surface area contributed by atoms with E-state index < -0.39 is 0 Å². The molecule has 0 bridgehead atoms. The summed E-state index contributed by atoms with van der Waals surface area (Å²) in [5.74, 6) is 0. The third kappa shape index (κ3) is 5.26. The van der Waals surface area contributed by atoms with Gasteiger partial charge in [0.2, 0.25) is 0 Å². The predicted octanol–water partition coefficient (Wildman–Crippen LogP) is 19.4. The second-order valence-corrected chi connectivity index (χ2v) is 21.1. The van der Waals surface area contributed by atoms with Crippen LogP contribution in [0.2, 0.25) is 0 Å². The average molecular weight is 889 g/mol. The van der Waals surface area contributed by atoms with Crippen molar-refractivity contribution in [3.05, 3.63) is 241 Å². The molecule has 0 radical (unpaired) electrons. The second kappa shape index (κ2) is 14.1. The first-order valence-corrected chi connectivity index (χ1v) is 24.9. The van der Waals surface area contributed by atoms with Crippen LogP contribution in [0, 0.1) is 0 Å². The summed E-state index contributed by atoms with van der Waals surface area (Å²) in [7, 11) is 0. The molecule has 70 heavy (non-hydrogen) atoms. The van der Waals surface area contributed by atoms with Crippen molar-refractivity contribution in [3.63, 3.8) is 0 Å². The Bertz CT molecular complexity index is 4460. The van der Waals surface area contributed by atoms with Crippen LogP contribution < -0.4 is 0 Å². The van der Waals surface area contributed by atoms with Crippen LogP contribution in [0.3, 0.4) is 0 Å². The van der Waals surface area contributed by atoms with Crippen LogP contribution in [-0.2, 0) is 10.8 Å². The molecular formula is C70H48. The third-order valence-corrected chi connectivity index (χ3v) is 16.7. The van der Waals surface area contributed by atoms with Gasteiger partial charge >= 0.3 is 0 Å². The highest BCUT2D eigenvalue weighted by Crippen LogP contribution is 2.58. The summed E-state index contributed by atoms with van der Waals surface area (Å²) in [6.45, 7) is 9.70. The Hall–Kier alpha value is -8.32.